The van der Waals surface area contributed by atoms with Gasteiger partial charge in [-0.25, -0.2) is 8.42 Å². The van der Waals surface area contributed by atoms with Gasteiger partial charge in [0.2, 0.25) is 5.91 Å². The van der Waals surface area contributed by atoms with Gasteiger partial charge in [0.25, 0.3) is 0 Å². The van der Waals surface area contributed by atoms with Gasteiger partial charge in [-0.3, -0.25) is 4.79 Å². The van der Waals surface area contributed by atoms with Crippen LogP contribution in [0.25, 0.3) is 0 Å². The van der Waals surface area contributed by atoms with Gasteiger partial charge in [-0.15, -0.1) is 0 Å². The van der Waals surface area contributed by atoms with E-state index in [-0.39, 0.29) is 23.3 Å². The lowest BCUT2D eigenvalue weighted by Gasteiger charge is -2.19. The highest BCUT2D eigenvalue weighted by molar-refractivity contribution is 7.91. The molecule has 5 heteroatoms. The Hall–Kier alpha value is -0.580. The molecule has 0 N–H and O–H groups in total. The zero-order valence-electron chi connectivity index (χ0n) is 9.97. The lowest BCUT2D eigenvalue weighted by Crippen LogP contribution is -2.35. The van der Waals surface area contributed by atoms with Gasteiger partial charge in [0.05, 0.1) is 17.4 Å². The molecule has 0 bridgehead atoms. The second-order valence-electron chi connectivity index (χ2n) is 5.77. The number of hydrogen-bond donors (Lipinski definition) is 0. The van der Waals surface area contributed by atoms with Gasteiger partial charge < -0.3 is 4.90 Å². The Morgan fingerprint density at radius 3 is 2.41 bits per heavy atom. The molecular formula is C12H19NO3S. The second-order valence-corrected chi connectivity index (χ2v) is 8.00. The first kappa shape index (κ1) is 11.5. The Morgan fingerprint density at radius 2 is 1.82 bits per heavy atom. The smallest absolute Gasteiger partial charge is 0.226 e. The normalized spacial score (nSPS) is 36.4. The maximum Gasteiger partial charge on any atom is 0.226 e. The number of amides is 1. The van der Waals surface area contributed by atoms with Crippen molar-refractivity contribution in [2.45, 2.75) is 25.7 Å². The van der Waals surface area contributed by atoms with Crippen LogP contribution in [-0.4, -0.2) is 43.8 Å². The average molecular weight is 257 g/mol. The van der Waals surface area contributed by atoms with Crippen molar-refractivity contribution in [2.75, 3.05) is 24.6 Å². The SMILES string of the molecule is O=C(C1CCS(=O)(=O)C1)N1CCC(C2CC2)C1. The van der Waals surface area contributed by atoms with E-state index >= 15 is 0 Å². The minimum atomic E-state index is -2.94. The third kappa shape index (κ3) is 2.34. The molecule has 0 spiro atoms. The van der Waals surface area contributed by atoms with Crippen LogP contribution in [0.4, 0.5) is 0 Å². The monoisotopic (exact) mass is 257 g/mol. The van der Waals surface area contributed by atoms with Crippen LogP contribution >= 0.6 is 0 Å². The summed E-state index contributed by atoms with van der Waals surface area (Å²) in [5.74, 6) is 1.66. The van der Waals surface area contributed by atoms with E-state index in [9.17, 15) is 13.2 Å². The maximum absolute atomic E-state index is 12.2. The molecule has 1 aliphatic carbocycles. The van der Waals surface area contributed by atoms with Gasteiger partial charge in [0.15, 0.2) is 9.84 Å². The number of likely N-dealkylation sites (tertiary alicyclic amines) is 1. The minimum absolute atomic E-state index is 0.0798. The molecule has 4 nitrogen and oxygen atoms in total. The number of nitrogens with zero attached hydrogens (tertiary/aromatic N) is 1. The standard InChI is InChI=1S/C12H19NO3S/c14-12(11-4-6-17(15,16)8-11)13-5-3-10(7-13)9-1-2-9/h9-11H,1-8H2. The van der Waals surface area contributed by atoms with Crippen LogP contribution in [0.15, 0.2) is 0 Å². The Balaban J connectivity index is 1.60. The zero-order chi connectivity index (χ0) is 12.0. The summed E-state index contributed by atoms with van der Waals surface area (Å²) in [7, 11) is -2.94. The van der Waals surface area contributed by atoms with E-state index in [1.54, 1.807) is 0 Å². The maximum atomic E-state index is 12.2. The molecule has 0 aromatic heterocycles. The Morgan fingerprint density at radius 1 is 1.06 bits per heavy atom. The molecule has 2 saturated heterocycles. The van der Waals surface area contributed by atoms with E-state index in [1.807, 2.05) is 4.90 Å². The predicted octanol–water partition coefficient (Wildman–Crippen LogP) is 0.680. The molecule has 1 saturated carbocycles. The van der Waals surface area contributed by atoms with Crippen LogP contribution in [0.3, 0.4) is 0 Å². The lowest BCUT2D eigenvalue weighted by atomic mass is 10.0. The van der Waals surface area contributed by atoms with Gasteiger partial charge in [0.1, 0.15) is 0 Å². The van der Waals surface area contributed by atoms with Crippen LogP contribution in [0, 0.1) is 17.8 Å². The van der Waals surface area contributed by atoms with Crippen molar-refractivity contribution in [1.29, 1.82) is 0 Å². The molecule has 17 heavy (non-hydrogen) atoms. The molecule has 3 fully saturated rings. The second kappa shape index (κ2) is 3.97. The van der Waals surface area contributed by atoms with E-state index in [0.29, 0.717) is 12.3 Å². The quantitative estimate of drug-likeness (QED) is 0.731. The molecule has 0 aromatic rings. The van der Waals surface area contributed by atoms with Crippen molar-refractivity contribution in [2.24, 2.45) is 17.8 Å². The third-order valence-electron chi connectivity index (χ3n) is 4.41. The largest absolute Gasteiger partial charge is 0.342 e. The summed E-state index contributed by atoms with van der Waals surface area (Å²) < 4.78 is 22.7. The fourth-order valence-corrected chi connectivity index (χ4v) is 4.92. The number of carbonyl (C=O) groups excluding carboxylic acids is 1. The first-order valence-corrected chi connectivity index (χ1v) is 8.36. The minimum Gasteiger partial charge on any atom is -0.342 e. The van der Waals surface area contributed by atoms with Crippen molar-refractivity contribution in [3.8, 4) is 0 Å². The Bertz CT molecular complexity index is 427. The molecular weight excluding hydrogens is 238 g/mol. The van der Waals surface area contributed by atoms with Crippen LogP contribution in [0.2, 0.25) is 0 Å². The molecule has 0 aromatic carbocycles. The van der Waals surface area contributed by atoms with Gasteiger partial charge >= 0.3 is 0 Å². The highest BCUT2D eigenvalue weighted by atomic mass is 32.2. The van der Waals surface area contributed by atoms with Crippen LogP contribution < -0.4 is 0 Å². The van der Waals surface area contributed by atoms with Crippen LogP contribution in [-0.2, 0) is 14.6 Å². The molecule has 0 radical (unpaired) electrons. The molecule has 96 valence electrons. The highest BCUT2D eigenvalue weighted by Crippen LogP contribution is 2.41. The molecule has 2 atom stereocenters. The van der Waals surface area contributed by atoms with E-state index in [4.69, 9.17) is 0 Å². The van der Waals surface area contributed by atoms with Gasteiger partial charge in [0, 0.05) is 13.1 Å². The van der Waals surface area contributed by atoms with E-state index in [1.165, 1.54) is 12.8 Å². The number of rotatable bonds is 2. The van der Waals surface area contributed by atoms with Crippen molar-refractivity contribution in [1.82, 2.24) is 4.90 Å². The number of carbonyl (C=O) groups is 1. The van der Waals surface area contributed by atoms with Gasteiger partial charge in [-0.05, 0) is 37.5 Å². The van der Waals surface area contributed by atoms with Crippen LogP contribution in [0.5, 0.6) is 0 Å². The first-order chi connectivity index (χ1) is 8.05. The van der Waals surface area contributed by atoms with Gasteiger partial charge in [-0.2, -0.15) is 0 Å². The fraction of sp³-hybridized carbons (Fsp3) is 0.917. The summed E-state index contributed by atoms with van der Waals surface area (Å²) in [4.78, 5) is 14.1. The van der Waals surface area contributed by atoms with Crippen molar-refractivity contribution in [3.05, 3.63) is 0 Å². The van der Waals surface area contributed by atoms with Crippen LogP contribution in [0.1, 0.15) is 25.7 Å². The van der Waals surface area contributed by atoms with E-state index in [0.717, 1.165) is 25.4 Å². The topological polar surface area (TPSA) is 54.5 Å². The van der Waals surface area contributed by atoms with Gasteiger partial charge in [-0.1, -0.05) is 0 Å². The summed E-state index contributed by atoms with van der Waals surface area (Å²) in [6.45, 7) is 1.72. The summed E-state index contributed by atoms with van der Waals surface area (Å²) in [5.41, 5.74) is 0. The molecule has 2 aliphatic heterocycles. The fourth-order valence-electron chi connectivity index (χ4n) is 3.19. The Labute approximate surface area is 102 Å². The van der Waals surface area contributed by atoms with Crippen molar-refractivity contribution in [3.63, 3.8) is 0 Å². The molecule has 3 aliphatic rings. The summed E-state index contributed by atoms with van der Waals surface area (Å²) in [6, 6.07) is 0. The zero-order valence-corrected chi connectivity index (χ0v) is 10.8. The third-order valence-corrected chi connectivity index (χ3v) is 6.17. The highest BCUT2D eigenvalue weighted by Gasteiger charge is 2.41. The lowest BCUT2D eigenvalue weighted by molar-refractivity contribution is -0.133. The van der Waals surface area contributed by atoms with E-state index in [2.05, 4.69) is 0 Å². The van der Waals surface area contributed by atoms with E-state index < -0.39 is 9.84 Å². The summed E-state index contributed by atoms with van der Waals surface area (Å²) >= 11 is 0. The molecule has 3 rings (SSSR count). The average Bonchev–Trinajstić information content (AvgIpc) is 2.89. The Kier molecular flexibility index (Phi) is 2.69. The predicted molar refractivity (Wildman–Crippen MR) is 64.2 cm³/mol. The number of hydrogen-bond acceptors (Lipinski definition) is 3. The number of sulfone groups is 1. The molecule has 1 amide bonds. The molecule has 2 heterocycles. The summed E-state index contributed by atoms with van der Waals surface area (Å²) in [5, 5.41) is 0. The first-order valence-electron chi connectivity index (χ1n) is 6.54. The van der Waals surface area contributed by atoms with Crippen molar-refractivity contribution < 1.29 is 13.2 Å². The molecule has 2 unspecified atom stereocenters. The summed E-state index contributed by atoms with van der Waals surface area (Å²) in [6.07, 6.45) is 4.30. The van der Waals surface area contributed by atoms with Crippen molar-refractivity contribution >= 4 is 15.7 Å².